The van der Waals surface area contributed by atoms with Crippen LogP contribution in [0.25, 0.3) is 0 Å². The number of piperidine rings is 1. The first-order chi connectivity index (χ1) is 24.0. The van der Waals surface area contributed by atoms with Gasteiger partial charge < -0.3 is 40.5 Å². The number of hydrogen-bond acceptors (Lipinski definition) is 9. The van der Waals surface area contributed by atoms with Crippen molar-refractivity contribution in [3.05, 3.63) is 59.7 Å². The third-order valence-corrected chi connectivity index (χ3v) is 9.71. The Kier molecular flexibility index (Phi) is 14.9. The molecule has 3 amide bonds. The van der Waals surface area contributed by atoms with Gasteiger partial charge >= 0.3 is 0 Å². The molecule has 3 heterocycles. The van der Waals surface area contributed by atoms with Gasteiger partial charge in [-0.15, -0.1) is 0 Å². The summed E-state index contributed by atoms with van der Waals surface area (Å²) in [4.78, 5) is 44.9. The first kappa shape index (κ1) is 39.1. The maximum absolute atomic E-state index is 13.3. The zero-order valence-electron chi connectivity index (χ0n) is 30.6. The van der Waals surface area contributed by atoms with Crippen LogP contribution >= 0.6 is 0 Å². The second kappa shape index (κ2) is 19.1. The van der Waals surface area contributed by atoms with Gasteiger partial charge in [0.05, 0.1) is 35.7 Å². The molecule has 0 unspecified atom stereocenters. The number of ether oxygens (including phenoxy) is 1. The molecule has 5 rings (SSSR count). The lowest BCUT2D eigenvalue weighted by molar-refractivity contribution is -0.135. The number of hydrogen-bond donors (Lipinski definition) is 4. The van der Waals surface area contributed by atoms with E-state index in [0.717, 1.165) is 82.1 Å². The van der Waals surface area contributed by atoms with Crippen molar-refractivity contribution in [2.45, 2.75) is 64.1 Å². The van der Waals surface area contributed by atoms with Gasteiger partial charge in [0.15, 0.2) is 0 Å². The molecule has 3 aliphatic rings. The van der Waals surface area contributed by atoms with Crippen molar-refractivity contribution < 1.29 is 24.2 Å². The van der Waals surface area contributed by atoms with E-state index in [4.69, 9.17) is 4.74 Å². The largest absolute Gasteiger partial charge is 0.388 e. The summed E-state index contributed by atoms with van der Waals surface area (Å²) in [5, 5.41) is 20.9. The van der Waals surface area contributed by atoms with Crippen molar-refractivity contribution in [2.75, 3.05) is 96.4 Å². The Morgan fingerprint density at radius 1 is 0.980 bits per heavy atom. The number of carbonyl (C=O) groups excluding carboxylic acids is 3. The average molecular weight is 694 g/mol. The van der Waals surface area contributed by atoms with E-state index in [1.165, 1.54) is 0 Å². The van der Waals surface area contributed by atoms with Crippen molar-refractivity contribution in [2.24, 2.45) is 0 Å². The highest BCUT2D eigenvalue weighted by atomic mass is 16.5. The average Bonchev–Trinajstić information content (AvgIpc) is 3.11. The monoisotopic (exact) mass is 693 g/mol. The molecule has 12 heteroatoms. The summed E-state index contributed by atoms with van der Waals surface area (Å²) >= 11 is 0. The molecule has 0 aromatic heterocycles. The maximum atomic E-state index is 13.3. The van der Waals surface area contributed by atoms with E-state index < -0.39 is 5.60 Å². The lowest BCUT2D eigenvalue weighted by Gasteiger charge is -2.42. The van der Waals surface area contributed by atoms with Crippen LogP contribution in [0.15, 0.2) is 48.5 Å². The van der Waals surface area contributed by atoms with Gasteiger partial charge in [-0.25, -0.2) is 0 Å². The van der Waals surface area contributed by atoms with E-state index in [-0.39, 0.29) is 24.0 Å². The lowest BCUT2D eigenvalue weighted by atomic mass is 9.90. The first-order valence-electron chi connectivity index (χ1n) is 18.1. The van der Waals surface area contributed by atoms with Crippen molar-refractivity contribution in [3.63, 3.8) is 0 Å². The first-order valence-corrected chi connectivity index (χ1v) is 18.1. The number of aryl methyl sites for hydroxylation is 1. The molecule has 0 atom stereocenters. The van der Waals surface area contributed by atoms with Gasteiger partial charge in [-0.1, -0.05) is 30.3 Å². The molecule has 12 nitrogen and oxygen atoms in total. The molecule has 276 valence electrons. The van der Waals surface area contributed by atoms with Crippen LogP contribution in [0.2, 0.25) is 0 Å². The molecule has 0 saturated carbocycles. The van der Waals surface area contributed by atoms with Gasteiger partial charge in [-0.2, -0.15) is 0 Å². The second-order valence-corrected chi connectivity index (χ2v) is 14.5. The molecule has 4 N–H and O–H groups in total. The van der Waals surface area contributed by atoms with E-state index in [9.17, 15) is 19.5 Å². The highest BCUT2D eigenvalue weighted by Crippen LogP contribution is 2.29. The summed E-state index contributed by atoms with van der Waals surface area (Å²) in [7, 11) is 1.71. The lowest BCUT2D eigenvalue weighted by Crippen LogP contribution is -2.54. The Balaban J connectivity index is 0.000000860. The normalized spacial score (nSPS) is 18.0. The van der Waals surface area contributed by atoms with Gasteiger partial charge in [0.1, 0.15) is 0 Å². The zero-order chi connectivity index (χ0) is 36.0. The number of likely N-dealkylation sites (tertiary alicyclic amines) is 1. The standard InChI is InChI=1S/C33H47N7O4.C5H12O/c41-26-34-13-4-15-37-19-21-38(22-20-37)18-14-35-28-8-9-29-30(23-28)36-25-40(32(29)43)24-33(44)11-16-39(17-12-33)31(42)10-7-27-5-2-1-3-6-27;1-5(2,3)6-4/h1-3,5-6,8-9,23,26,35-36,44H,4,7,10-22,24-25H2,(H,34,41);1-4H3. The third-order valence-electron chi connectivity index (χ3n) is 9.71. The van der Waals surface area contributed by atoms with Crippen LogP contribution in [-0.2, 0) is 20.7 Å². The van der Waals surface area contributed by atoms with E-state index in [1.807, 2.05) is 74.2 Å². The summed E-state index contributed by atoms with van der Waals surface area (Å²) in [6, 6.07) is 15.8. The number of aliphatic hydroxyl groups is 1. The number of nitrogens with zero attached hydrogens (tertiary/aromatic N) is 4. The number of methoxy groups -OCH3 is 1. The van der Waals surface area contributed by atoms with E-state index >= 15 is 0 Å². The molecule has 0 spiro atoms. The minimum Gasteiger partial charge on any atom is -0.388 e. The van der Waals surface area contributed by atoms with Gasteiger partial charge in [0, 0.05) is 78.1 Å². The number of nitrogens with one attached hydrogen (secondary N) is 3. The van der Waals surface area contributed by atoms with Gasteiger partial charge in [-0.05, 0) is 76.8 Å². The molecule has 0 aliphatic carbocycles. The molecule has 0 radical (unpaired) electrons. The van der Waals surface area contributed by atoms with Crippen molar-refractivity contribution in [1.29, 1.82) is 0 Å². The summed E-state index contributed by atoms with van der Waals surface area (Å²) in [5.41, 5.74) is 2.57. The predicted molar refractivity (Wildman–Crippen MR) is 198 cm³/mol. The number of anilines is 2. The highest BCUT2D eigenvalue weighted by molar-refractivity contribution is 6.02. The molecule has 2 saturated heterocycles. The number of piperazine rings is 1. The number of rotatable bonds is 14. The molecule has 3 aliphatic heterocycles. The minimum atomic E-state index is -1.01. The fourth-order valence-corrected chi connectivity index (χ4v) is 6.34. The molecule has 2 aromatic carbocycles. The molecule has 2 fully saturated rings. The van der Waals surface area contributed by atoms with Crippen LogP contribution in [0.4, 0.5) is 11.4 Å². The number of fused-ring (bicyclic) bond motifs is 1. The fourth-order valence-electron chi connectivity index (χ4n) is 6.34. The Morgan fingerprint density at radius 2 is 1.64 bits per heavy atom. The summed E-state index contributed by atoms with van der Waals surface area (Å²) in [6.45, 7) is 15.3. The molecule has 0 bridgehead atoms. The Morgan fingerprint density at radius 3 is 2.28 bits per heavy atom. The SMILES string of the molecule is COC(C)(C)C.O=CNCCCN1CCN(CCNc2ccc3c(c2)NCN(CC2(O)CCN(C(=O)CCc4ccccc4)CC2)C3=O)CC1. The molecular formula is C38H59N7O5. The topological polar surface area (TPSA) is 130 Å². The number of amides is 3. The second-order valence-electron chi connectivity index (χ2n) is 14.5. The van der Waals surface area contributed by atoms with Crippen LogP contribution in [0, 0.1) is 0 Å². The van der Waals surface area contributed by atoms with E-state index in [2.05, 4.69) is 25.8 Å². The molecule has 2 aromatic rings. The maximum Gasteiger partial charge on any atom is 0.257 e. The molecular weight excluding hydrogens is 634 g/mol. The summed E-state index contributed by atoms with van der Waals surface area (Å²) in [6.07, 6.45) is 3.82. The fraction of sp³-hybridized carbons (Fsp3) is 0.605. The Hall–Kier alpha value is -3.71. The Bertz CT molecular complexity index is 1350. The van der Waals surface area contributed by atoms with Crippen molar-refractivity contribution in [1.82, 2.24) is 24.9 Å². The summed E-state index contributed by atoms with van der Waals surface area (Å²) in [5.74, 6) is 0.0315. The number of carbonyl (C=O) groups is 3. The number of β-amino-alcohol motifs (C(OH)–C–C–N with tert-alkyl or cyclic N) is 1. The van der Waals surface area contributed by atoms with Crippen LogP contribution < -0.4 is 16.0 Å². The minimum absolute atomic E-state index is 0.0417. The van der Waals surface area contributed by atoms with Crippen LogP contribution in [0.5, 0.6) is 0 Å². The third kappa shape index (κ3) is 12.6. The van der Waals surface area contributed by atoms with Crippen molar-refractivity contribution in [3.8, 4) is 0 Å². The van der Waals surface area contributed by atoms with E-state index in [1.54, 1.807) is 12.0 Å². The highest BCUT2D eigenvalue weighted by Gasteiger charge is 2.38. The number of benzene rings is 2. The van der Waals surface area contributed by atoms with Crippen LogP contribution in [0.1, 0.15) is 62.4 Å². The van der Waals surface area contributed by atoms with Crippen LogP contribution in [-0.4, -0.2) is 140 Å². The predicted octanol–water partition coefficient (Wildman–Crippen LogP) is 3.10. The smallest absolute Gasteiger partial charge is 0.257 e. The summed E-state index contributed by atoms with van der Waals surface area (Å²) < 4.78 is 4.94. The van der Waals surface area contributed by atoms with E-state index in [0.29, 0.717) is 51.0 Å². The molecule has 50 heavy (non-hydrogen) atoms. The zero-order valence-corrected chi connectivity index (χ0v) is 30.6. The quantitative estimate of drug-likeness (QED) is 0.174. The Labute approximate surface area is 298 Å². The van der Waals surface area contributed by atoms with Crippen molar-refractivity contribution >= 4 is 29.6 Å². The van der Waals surface area contributed by atoms with Gasteiger partial charge in [0.25, 0.3) is 5.91 Å². The van der Waals surface area contributed by atoms with Gasteiger partial charge in [-0.3, -0.25) is 19.3 Å². The van der Waals surface area contributed by atoms with Gasteiger partial charge in [0.2, 0.25) is 12.3 Å². The van der Waals surface area contributed by atoms with Crippen LogP contribution in [0.3, 0.4) is 0 Å².